The fraction of sp³-hybridized carbons (Fsp3) is 0.286. The molecular weight excluding hydrogens is 282 g/mol. The lowest BCUT2D eigenvalue weighted by Crippen LogP contribution is -2.24. The van der Waals surface area contributed by atoms with Crippen LogP contribution in [-0.4, -0.2) is 21.8 Å². The maximum atomic E-state index is 10.8. The smallest absolute Gasteiger partial charge is 0.374 e. The van der Waals surface area contributed by atoms with E-state index in [0.717, 1.165) is 12.0 Å². The molecule has 0 aliphatic carbocycles. The molecule has 1 N–H and O–H groups in total. The number of halogens is 1. The van der Waals surface area contributed by atoms with Gasteiger partial charge in [0.2, 0.25) is 5.76 Å². The van der Waals surface area contributed by atoms with Crippen molar-refractivity contribution >= 4 is 17.6 Å². The van der Waals surface area contributed by atoms with Crippen molar-refractivity contribution in [3.63, 3.8) is 0 Å². The summed E-state index contributed by atoms with van der Waals surface area (Å²) in [6.07, 6.45) is 0.736. The molecule has 1 aromatic heterocycles. The van der Waals surface area contributed by atoms with Crippen LogP contribution < -0.4 is 4.74 Å². The first-order valence-corrected chi connectivity index (χ1v) is 6.45. The van der Waals surface area contributed by atoms with E-state index in [1.54, 1.807) is 6.07 Å². The maximum Gasteiger partial charge on any atom is 0.374 e. The molecule has 0 bridgehead atoms. The maximum absolute atomic E-state index is 10.8. The van der Waals surface area contributed by atoms with Gasteiger partial charge < -0.3 is 14.4 Å². The second-order valence-corrected chi connectivity index (χ2v) is 5.77. The highest BCUT2D eigenvalue weighted by molar-refractivity contribution is 6.32. The predicted molar refractivity (Wildman–Crippen MR) is 72.3 cm³/mol. The van der Waals surface area contributed by atoms with E-state index in [-0.39, 0.29) is 11.4 Å². The minimum absolute atomic E-state index is 0.201. The highest BCUT2D eigenvalue weighted by atomic mass is 35.5. The Kier molecular flexibility index (Phi) is 2.76. The number of benzene rings is 1. The van der Waals surface area contributed by atoms with Gasteiger partial charge in [0.1, 0.15) is 17.0 Å². The molecule has 6 heteroatoms. The van der Waals surface area contributed by atoms with E-state index in [0.29, 0.717) is 22.0 Å². The second kappa shape index (κ2) is 4.24. The molecule has 0 unspecified atom stereocenters. The van der Waals surface area contributed by atoms with Crippen molar-refractivity contribution in [2.24, 2.45) is 0 Å². The lowest BCUT2D eigenvalue weighted by Gasteiger charge is -2.17. The van der Waals surface area contributed by atoms with Crippen molar-refractivity contribution in [3.8, 4) is 17.0 Å². The lowest BCUT2D eigenvalue weighted by atomic mass is 9.99. The van der Waals surface area contributed by atoms with E-state index >= 15 is 0 Å². The summed E-state index contributed by atoms with van der Waals surface area (Å²) in [4.78, 5) is 10.8. The monoisotopic (exact) mass is 293 g/mol. The van der Waals surface area contributed by atoms with Crippen molar-refractivity contribution < 1.29 is 19.2 Å². The van der Waals surface area contributed by atoms with E-state index < -0.39 is 5.97 Å². The summed E-state index contributed by atoms with van der Waals surface area (Å²) in [6, 6.07) is 4.98. The molecule has 20 heavy (non-hydrogen) atoms. The number of rotatable bonds is 2. The molecule has 0 atom stereocenters. The second-order valence-electron chi connectivity index (χ2n) is 5.37. The Morgan fingerprint density at radius 2 is 2.15 bits per heavy atom. The van der Waals surface area contributed by atoms with Crippen molar-refractivity contribution in [2.45, 2.75) is 25.9 Å². The number of carbonyl (C=O) groups is 1. The first kappa shape index (κ1) is 13.0. The van der Waals surface area contributed by atoms with Crippen LogP contribution in [0.25, 0.3) is 11.3 Å². The number of hydrogen-bond donors (Lipinski definition) is 1. The zero-order chi connectivity index (χ0) is 14.5. The van der Waals surface area contributed by atoms with Crippen LogP contribution in [-0.2, 0) is 6.42 Å². The molecule has 1 aliphatic heterocycles. The van der Waals surface area contributed by atoms with Gasteiger partial charge in [-0.25, -0.2) is 4.79 Å². The van der Waals surface area contributed by atoms with E-state index in [9.17, 15) is 4.79 Å². The molecule has 0 amide bonds. The fourth-order valence-corrected chi connectivity index (χ4v) is 2.60. The van der Waals surface area contributed by atoms with Crippen molar-refractivity contribution in [3.05, 3.63) is 34.5 Å². The van der Waals surface area contributed by atoms with Crippen molar-refractivity contribution in [1.29, 1.82) is 0 Å². The molecule has 1 aliphatic rings. The Balaban J connectivity index is 2.04. The Labute approximate surface area is 120 Å². The molecule has 2 aromatic rings. The zero-order valence-electron chi connectivity index (χ0n) is 10.9. The van der Waals surface area contributed by atoms with Crippen LogP contribution in [0.4, 0.5) is 0 Å². The fourth-order valence-electron chi connectivity index (χ4n) is 2.33. The quantitative estimate of drug-likeness (QED) is 0.918. The van der Waals surface area contributed by atoms with Gasteiger partial charge in [-0.15, -0.1) is 0 Å². The van der Waals surface area contributed by atoms with E-state index in [1.165, 1.54) is 6.07 Å². The van der Waals surface area contributed by atoms with Gasteiger partial charge in [-0.1, -0.05) is 16.8 Å². The molecule has 0 radical (unpaired) electrons. The van der Waals surface area contributed by atoms with E-state index in [1.807, 2.05) is 19.9 Å². The Morgan fingerprint density at radius 1 is 1.40 bits per heavy atom. The van der Waals surface area contributed by atoms with Crippen LogP contribution in [0, 0.1) is 0 Å². The van der Waals surface area contributed by atoms with Gasteiger partial charge in [-0.2, -0.15) is 0 Å². The minimum atomic E-state index is -1.15. The molecule has 0 saturated carbocycles. The van der Waals surface area contributed by atoms with Crippen LogP contribution in [0.1, 0.15) is 30.0 Å². The summed E-state index contributed by atoms with van der Waals surface area (Å²) in [5.41, 5.74) is 1.85. The summed E-state index contributed by atoms with van der Waals surface area (Å²) in [5.74, 6) is -0.670. The van der Waals surface area contributed by atoms with Crippen LogP contribution in [0.15, 0.2) is 22.7 Å². The van der Waals surface area contributed by atoms with Crippen LogP contribution in [0.5, 0.6) is 5.75 Å². The molecular formula is C14H12ClNO4. The van der Waals surface area contributed by atoms with Gasteiger partial charge in [0, 0.05) is 23.6 Å². The SMILES string of the molecule is CC1(C)Cc2cc(-c3cc(C(=O)O)on3)cc(Cl)c2O1. The first-order chi connectivity index (χ1) is 9.35. The third-order valence-corrected chi connectivity index (χ3v) is 3.41. The van der Waals surface area contributed by atoms with Gasteiger partial charge >= 0.3 is 5.97 Å². The van der Waals surface area contributed by atoms with Crippen LogP contribution >= 0.6 is 11.6 Å². The van der Waals surface area contributed by atoms with Crippen molar-refractivity contribution in [1.82, 2.24) is 5.16 Å². The molecule has 104 valence electrons. The summed E-state index contributed by atoms with van der Waals surface area (Å²) in [5, 5.41) is 13.1. The van der Waals surface area contributed by atoms with E-state index in [4.69, 9.17) is 26.0 Å². The normalized spacial score (nSPS) is 15.8. The molecule has 0 fully saturated rings. The van der Waals surface area contributed by atoms with Gasteiger partial charge in [0.15, 0.2) is 0 Å². The third kappa shape index (κ3) is 2.14. The Bertz CT molecular complexity index is 705. The number of nitrogens with zero attached hydrogens (tertiary/aromatic N) is 1. The minimum Gasteiger partial charge on any atom is -0.486 e. The Morgan fingerprint density at radius 3 is 2.80 bits per heavy atom. The van der Waals surface area contributed by atoms with Gasteiger partial charge in [-0.3, -0.25) is 0 Å². The topological polar surface area (TPSA) is 72.6 Å². The largest absolute Gasteiger partial charge is 0.486 e. The number of carboxylic acids is 1. The number of aromatic carboxylic acids is 1. The third-order valence-electron chi connectivity index (χ3n) is 3.13. The molecule has 0 spiro atoms. The highest BCUT2D eigenvalue weighted by Gasteiger charge is 2.32. The number of carboxylic acid groups (broad SMARTS) is 1. The molecule has 2 heterocycles. The summed E-state index contributed by atoms with van der Waals surface area (Å²) < 4.78 is 10.5. The van der Waals surface area contributed by atoms with E-state index in [2.05, 4.69) is 5.16 Å². The number of hydrogen-bond acceptors (Lipinski definition) is 4. The van der Waals surface area contributed by atoms with Crippen molar-refractivity contribution in [2.75, 3.05) is 0 Å². The van der Waals surface area contributed by atoms with Gasteiger partial charge in [-0.05, 0) is 26.0 Å². The van der Waals surface area contributed by atoms with Gasteiger partial charge in [0.05, 0.1) is 5.02 Å². The molecule has 0 saturated heterocycles. The summed E-state index contributed by atoms with van der Waals surface area (Å²) in [7, 11) is 0. The Hall–Kier alpha value is -2.01. The number of fused-ring (bicyclic) bond motifs is 1. The average Bonchev–Trinajstić information content (AvgIpc) is 2.92. The van der Waals surface area contributed by atoms with Gasteiger partial charge in [0.25, 0.3) is 0 Å². The molecule has 1 aromatic carbocycles. The zero-order valence-corrected chi connectivity index (χ0v) is 11.7. The molecule has 3 rings (SSSR count). The highest BCUT2D eigenvalue weighted by Crippen LogP contribution is 2.42. The average molecular weight is 294 g/mol. The first-order valence-electron chi connectivity index (χ1n) is 6.07. The summed E-state index contributed by atoms with van der Waals surface area (Å²) >= 11 is 6.22. The predicted octanol–water partition coefficient (Wildman–Crippen LogP) is 3.41. The van der Waals surface area contributed by atoms with Crippen LogP contribution in [0.3, 0.4) is 0 Å². The number of ether oxygens (including phenoxy) is 1. The summed E-state index contributed by atoms with van der Waals surface area (Å²) in [6.45, 7) is 3.98. The molecule has 5 nitrogen and oxygen atoms in total. The number of aromatic nitrogens is 1. The lowest BCUT2D eigenvalue weighted by molar-refractivity contribution is 0.0652. The standard InChI is InChI=1S/C14H12ClNO4/c1-14(2)6-8-3-7(4-9(15)12(8)19-14)10-5-11(13(17)18)20-16-10/h3-5H,6H2,1-2H3,(H,17,18). The van der Waals surface area contributed by atoms with Crippen LogP contribution in [0.2, 0.25) is 5.02 Å².